The Morgan fingerprint density at radius 1 is 0.525 bits per heavy atom. The van der Waals surface area contributed by atoms with Crippen LogP contribution in [0.2, 0.25) is 0 Å². The molecule has 1 heterocycles. The Bertz CT molecular complexity index is 663. The second kappa shape index (κ2) is 17.3. The Morgan fingerprint density at radius 2 is 1.00 bits per heavy atom. The molecule has 1 rings (SSSR count). The minimum absolute atomic E-state index is 0.0645. The van der Waals surface area contributed by atoms with Gasteiger partial charge in [0, 0.05) is 26.2 Å². The van der Waals surface area contributed by atoms with Crippen LogP contribution in [0.25, 0.3) is 0 Å². The minimum atomic E-state index is -7.31. The first-order chi connectivity index (χ1) is 18.6. The first-order valence-electron chi connectivity index (χ1n) is 14.4. The highest BCUT2D eigenvalue weighted by atomic mass is 19.4. The highest BCUT2D eigenvalue weighted by molar-refractivity contribution is 5.06. The molecule has 13 heteroatoms. The molecule has 0 aromatic heterocycles. The molecule has 1 saturated heterocycles. The van der Waals surface area contributed by atoms with Crippen LogP contribution in [-0.4, -0.2) is 55.8 Å². The number of hydrogen-bond acceptors (Lipinski definition) is 2. The molecule has 0 bridgehead atoms. The summed E-state index contributed by atoms with van der Waals surface area (Å²) in [6, 6.07) is 0. The summed E-state index contributed by atoms with van der Waals surface area (Å²) in [5.74, 6) is -27.2. The Morgan fingerprint density at radius 3 is 1.45 bits per heavy atom. The van der Waals surface area contributed by atoms with Gasteiger partial charge in [0.25, 0.3) is 0 Å². The van der Waals surface area contributed by atoms with E-state index in [-0.39, 0.29) is 6.42 Å². The van der Waals surface area contributed by atoms with E-state index >= 15 is 0 Å². The van der Waals surface area contributed by atoms with Gasteiger partial charge in [-0.1, -0.05) is 70.6 Å². The SMILES string of the molecule is FC(F)(F)C(F)(F)C(F)(F)C(F)(F)C(F)(F)CCCCCCCCCCCCCCCOCCC1CCCCO1. The third-order valence-electron chi connectivity index (χ3n) is 7.24. The molecule has 1 atom stereocenters. The van der Waals surface area contributed by atoms with E-state index in [2.05, 4.69) is 0 Å². The topological polar surface area (TPSA) is 18.5 Å². The summed E-state index contributed by atoms with van der Waals surface area (Å²) in [7, 11) is 0. The second-order valence-electron chi connectivity index (χ2n) is 10.7. The van der Waals surface area contributed by atoms with Crippen molar-refractivity contribution in [1.82, 2.24) is 0 Å². The molecule has 240 valence electrons. The Balaban J connectivity index is 2.01. The molecule has 1 unspecified atom stereocenters. The largest absolute Gasteiger partial charge is 0.460 e. The van der Waals surface area contributed by atoms with Crippen molar-refractivity contribution in [2.24, 2.45) is 0 Å². The normalized spacial score (nSPS) is 17.9. The van der Waals surface area contributed by atoms with Crippen LogP contribution in [0.3, 0.4) is 0 Å². The monoisotopic (exact) mass is 608 g/mol. The van der Waals surface area contributed by atoms with Gasteiger partial charge in [-0.05, 0) is 38.5 Å². The standard InChI is InChI=1S/C27H43F11O2/c28-23(29,24(30,31)25(32,33)26(34,35)27(36,37)38)18-13-10-8-6-4-2-1-3-5-7-9-11-14-19-39-21-17-22-16-12-15-20-40-22/h22H,1-21H2. The zero-order chi connectivity index (χ0) is 30.3. The Kier molecular flexibility index (Phi) is 16.1. The van der Waals surface area contributed by atoms with Crippen LogP contribution in [0.4, 0.5) is 48.3 Å². The number of rotatable bonds is 22. The summed E-state index contributed by atoms with van der Waals surface area (Å²) in [6.45, 7) is 2.34. The summed E-state index contributed by atoms with van der Waals surface area (Å²) in [6.07, 6.45) is 4.97. The number of halogens is 11. The highest BCUT2D eigenvalue weighted by Crippen LogP contribution is 2.58. The first-order valence-corrected chi connectivity index (χ1v) is 14.4. The van der Waals surface area contributed by atoms with Gasteiger partial charge < -0.3 is 9.47 Å². The molecule has 0 aromatic carbocycles. The molecular formula is C27H43F11O2. The average molecular weight is 609 g/mol. The molecule has 0 spiro atoms. The van der Waals surface area contributed by atoms with E-state index in [1.165, 1.54) is 6.42 Å². The molecule has 1 aliphatic heterocycles. The molecule has 0 aromatic rings. The van der Waals surface area contributed by atoms with Crippen molar-refractivity contribution in [3.05, 3.63) is 0 Å². The van der Waals surface area contributed by atoms with E-state index < -0.39 is 42.7 Å². The molecule has 0 saturated carbocycles. The van der Waals surface area contributed by atoms with Crippen LogP contribution >= 0.6 is 0 Å². The van der Waals surface area contributed by atoms with Crippen LogP contribution < -0.4 is 0 Å². The van der Waals surface area contributed by atoms with Crippen molar-refractivity contribution in [3.63, 3.8) is 0 Å². The van der Waals surface area contributed by atoms with Gasteiger partial charge in [-0.15, -0.1) is 0 Å². The van der Waals surface area contributed by atoms with Crippen LogP contribution in [0.15, 0.2) is 0 Å². The molecule has 0 radical (unpaired) electrons. The Labute approximate surface area is 229 Å². The van der Waals surface area contributed by atoms with Gasteiger partial charge in [0.2, 0.25) is 0 Å². The maximum Gasteiger partial charge on any atom is 0.460 e. The number of alkyl halides is 11. The third-order valence-corrected chi connectivity index (χ3v) is 7.24. The smallest absolute Gasteiger partial charge is 0.381 e. The van der Waals surface area contributed by atoms with E-state index in [1.807, 2.05) is 0 Å². The van der Waals surface area contributed by atoms with Crippen molar-refractivity contribution in [3.8, 4) is 0 Å². The van der Waals surface area contributed by atoms with Gasteiger partial charge in [0.05, 0.1) is 6.10 Å². The zero-order valence-corrected chi connectivity index (χ0v) is 22.9. The van der Waals surface area contributed by atoms with Crippen LogP contribution in [0.1, 0.15) is 116 Å². The number of hydrogen-bond donors (Lipinski definition) is 0. The third kappa shape index (κ3) is 11.4. The molecule has 0 N–H and O–H groups in total. The summed E-state index contributed by atoms with van der Waals surface area (Å²) in [5.41, 5.74) is 0. The van der Waals surface area contributed by atoms with Gasteiger partial charge in [0.1, 0.15) is 0 Å². The summed E-state index contributed by atoms with van der Waals surface area (Å²) >= 11 is 0. The van der Waals surface area contributed by atoms with Crippen LogP contribution in [-0.2, 0) is 9.47 Å². The van der Waals surface area contributed by atoms with Gasteiger partial charge in [-0.3, -0.25) is 0 Å². The van der Waals surface area contributed by atoms with Gasteiger partial charge in [0.15, 0.2) is 0 Å². The van der Waals surface area contributed by atoms with Crippen molar-refractivity contribution in [2.75, 3.05) is 19.8 Å². The molecule has 0 amide bonds. The van der Waals surface area contributed by atoms with E-state index in [4.69, 9.17) is 9.47 Å². The first kappa shape index (κ1) is 37.2. The van der Waals surface area contributed by atoms with Crippen molar-refractivity contribution >= 4 is 0 Å². The number of ether oxygens (including phenoxy) is 2. The average Bonchev–Trinajstić information content (AvgIpc) is 2.87. The zero-order valence-electron chi connectivity index (χ0n) is 22.9. The van der Waals surface area contributed by atoms with Crippen molar-refractivity contribution < 1.29 is 57.8 Å². The lowest BCUT2D eigenvalue weighted by Crippen LogP contribution is -2.66. The summed E-state index contributed by atoms with van der Waals surface area (Å²) in [4.78, 5) is 0. The predicted octanol–water partition coefficient (Wildman–Crippen LogP) is 10.5. The van der Waals surface area contributed by atoms with Crippen LogP contribution in [0.5, 0.6) is 0 Å². The van der Waals surface area contributed by atoms with E-state index in [1.54, 1.807) is 0 Å². The van der Waals surface area contributed by atoms with E-state index in [9.17, 15) is 48.3 Å². The Hall–Kier alpha value is -0.850. The van der Waals surface area contributed by atoms with Gasteiger partial charge in [-0.25, -0.2) is 0 Å². The fourth-order valence-electron chi connectivity index (χ4n) is 4.61. The van der Waals surface area contributed by atoms with E-state index in [0.29, 0.717) is 18.9 Å². The van der Waals surface area contributed by atoms with Gasteiger partial charge in [-0.2, -0.15) is 48.3 Å². The highest BCUT2D eigenvalue weighted by Gasteiger charge is 2.86. The van der Waals surface area contributed by atoms with Crippen molar-refractivity contribution in [2.45, 2.75) is 152 Å². The predicted molar refractivity (Wildman–Crippen MR) is 130 cm³/mol. The summed E-state index contributed by atoms with van der Waals surface area (Å²) < 4.78 is 154. The molecule has 0 aliphatic carbocycles. The van der Waals surface area contributed by atoms with Gasteiger partial charge >= 0.3 is 29.9 Å². The minimum Gasteiger partial charge on any atom is -0.381 e. The lowest BCUT2D eigenvalue weighted by Gasteiger charge is -2.37. The molecule has 1 aliphatic rings. The van der Waals surface area contributed by atoms with Crippen LogP contribution in [0, 0.1) is 0 Å². The van der Waals surface area contributed by atoms with E-state index in [0.717, 1.165) is 96.9 Å². The fourth-order valence-corrected chi connectivity index (χ4v) is 4.61. The van der Waals surface area contributed by atoms with Crippen molar-refractivity contribution in [1.29, 1.82) is 0 Å². The maximum absolute atomic E-state index is 13.6. The maximum atomic E-state index is 13.6. The lowest BCUT2D eigenvalue weighted by molar-refractivity contribution is -0.422. The molecule has 2 nitrogen and oxygen atoms in total. The number of unbranched alkanes of at least 4 members (excludes halogenated alkanes) is 12. The molecule has 1 fully saturated rings. The molecule has 40 heavy (non-hydrogen) atoms. The molecular weight excluding hydrogens is 565 g/mol. The quantitative estimate of drug-likeness (QED) is 0.0900. The second-order valence-corrected chi connectivity index (χ2v) is 10.7. The lowest BCUT2D eigenvalue weighted by atomic mass is 9.94. The summed E-state index contributed by atoms with van der Waals surface area (Å²) in [5, 5.41) is 0. The fraction of sp³-hybridized carbons (Fsp3) is 1.00.